The maximum atomic E-state index is 6.21. The van der Waals surface area contributed by atoms with Gasteiger partial charge in [0, 0.05) is 11.3 Å². The first-order valence-electron chi connectivity index (χ1n) is 5.67. The number of nitrogens with zero attached hydrogens (tertiary/aromatic N) is 1. The molecule has 0 radical (unpaired) electrons. The molecule has 3 aromatic rings. The predicted octanol–water partition coefficient (Wildman–Crippen LogP) is 4.21. The Bertz CT molecular complexity index is 754. The molecular formula is C14H11ClN2OS. The number of halogens is 1. The van der Waals surface area contributed by atoms with Gasteiger partial charge in [-0.1, -0.05) is 11.6 Å². The lowest BCUT2D eigenvalue weighted by atomic mass is 10.2. The van der Waals surface area contributed by atoms with Gasteiger partial charge >= 0.3 is 0 Å². The minimum atomic E-state index is 0.617. The van der Waals surface area contributed by atoms with Crippen LogP contribution in [0.2, 0.25) is 5.02 Å². The van der Waals surface area contributed by atoms with Gasteiger partial charge in [-0.05, 0) is 36.4 Å². The summed E-state index contributed by atoms with van der Waals surface area (Å²) in [6, 6.07) is 11.3. The highest BCUT2D eigenvalue weighted by molar-refractivity contribution is 7.21. The molecule has 1 aromatic heterocycles. The Morgan fingerprint density at radius 3 is 2.79 bits per heavy atom. The fraction of sp³-hybridized carbons (Fsp3) is 0.0714. The minimum absolute atomic E-state index is 0.617. The standard InChI is InChI=1S/C14H11ClN2OS/c1-18-9-3-5-12-13(7-9)19-14(17-12)10-4-2-8(16)6-11(10)15/h2-7H,16H2,1H3. The van der Waals surface area contributed by atoms with Crippen LogP contribution in [0.25, 0.3) is 20.8 Å². The molecule has 0 aliphatic heterocycles. The average Bonchev–Trinajstić information content (AvgIpc) is 2.80. The number of nitrogens with two attached hydrogens (primary N) is 1. The fourth-order valence-electron chi connectivity index (χ4n) is 1.85. The van der Waals surface area contributed by atoms with Gasteiger partial charge in [-0.3, -0.25) is 0 Å². The topological polar surface area (TPSA) is 48.1 Å². The molecule has 1 heterocycles. The Balaban J connectivity index is 2.14. The summed E-state index contributed by atoms with van der Waals surface area (Å²) in [5, 5.41) is 1.50. The van der Waals surface area contributed by atoms with Gasteiger partial charge in [0.05, 0.1) is 22.3 Å². The number of aromatic nitrogens is 1. The molecule has 3 nitrogen and oxygen atoms in total. The van der Waals surface area contributed by atoms with Gasteiger partial charge < -0.3 is 10.5 Å². The van der Waals surface area contributed by atoms with Gasteiger partial charge in [0.2, 0.25) is 0 Å². The van der Waals surface area contributed by atoms with Crippen LogP contribution in [0, 0.1) is 0 Å². The van der Waals surface area contributed by atoms with Crippen molar-refractivity contribution in [2.24, 2.45) is 0 Å². The quantitative estimate of drug-likeness (QED) is 0.719. The van der Waals surface area contributed by atoms with Crippen molar-refractivity contribution in [2.45, 2.75) is 0 Å². The van der Waals surface area contributed by atoms with Crippen LogP contribution >= 0.6 is 22.9 Å². The Morgan fingerprint density at radius 1 is 1.21 bits per heavy atom. The first kappa shape index (κ1) is 12.3. The zero-order valence-electron chi connectivity index (χ0n) is 10.2. The van der Waals surface area contributed by atoms with Gasteiger partial charge in [-0.2, -0.15) is 0 Å². The maximum Gasteiger partial charge on any atom is 0.126 e. The van der Waals surface area contributed by atoms with Crippen molar-refractivity contribution in [1.82, 2.24) is 4.98 Å². The Morgan fingerprint density at radius 2 is 2.05 bits per heavy atom. The number of anilines is 1. The SMILES string of the molecule is COc1ccc2nc(-c3ccc(N)cc3Cl)sc2c1. The van der Waals surface area contributed by atoms with E-state index in [1.54, 1.807) is 24.5 Å². The second-order valence-corrected chi connectivity index (χ2v) is 5.53. The lowest BCUT2D eigenvalue weighted by Crippen LogP contribution is -1.85. The molecule has 0 unspecified atom stereocenters. The molecule has 0 aliphatic carbocycles. The second kappa shape index (κ2) is 4.72. The molecule has 0 fully saturated rings. The van der Waals surface area contributed by atoms with Gasteiger partial charge in [0.25, 0.3) is 0 Å². The molecule has 96 valence electrons. The molecule has 0 spiro atoms. The zero-order valence-corrected chi connectivity index (χ0v) is 11.8. The average molecular weight is 291 g/mol. The maximum absolute atomic E-state index is 6.21. The molecule has 0 amide bonds. The van der Waals surface area contributed by atoms with Crippen molar-refractivity contribution >= 4 is 38.8 Å². The van der Waals surface area contributed by atoms with E-state index in [0.29, 0.717) is 10.7 Å². The van der Waals surface area contributed by atoms with Crippen molar-refractivity contribution < 1.29 is 4.74 Å². The molecule has 3 rings (SSSR count). The molecule has 0 aliphatic rings. The zero-order chi connectivity index (χ0) is 13.4. The summed E-state index contributed by atoms with van der Waals surface area (Å²) in [5.41, 5.74) is 8.19. The number of benzene rings is 2. The van der Waals surface area contributed by atoms with E-state index < -0.39 is 0 Å². The molecule has 0 atom stereocenters. The molecule has 2 N–H and O–H groups in total. The van der Waals surface area contributed by atoms with Crippen molar-refractivity contribution in [1.29, 1.82) is 0 Å². The van der Waals surface area contributed by atoms with E-state index in [0.717, 1.165) is 26.5 Å². The Hall–Kier alpha value is -1.78. The van der Waals surface area contributed by atoms with Gasteiger partial charge in [0.15, 0.2) is 0 Å². The highest BCUT2D eigenvalue weighted by atomic mass is 35.5. The molecule has 0 saturated carbocycles. The minimum Gasteiger partial charge on any atom is -0.497 e. The number of thiazole rings is 1. The highest BCUT2D eigenvalue weighted by Crippen LogP contribution is 2.36. The summed E-state index contributed by atoms with van der Waals surface area (Å²) in [5.74, 6) is 0.825. The third-order valence-electron chi connectivity index (χ3n) is 2.82. The van der Waals surface area contributed by atoms with Crippen LogP contribution in [0.1, 0.15) is 0 Å². The van der Waals surface area contributed by atoms with E-state index in [1.807, 2.05) is 30.3 Å². The Labute approximate surface area is 119 Å². The van der Waals surface area contributed by atoms with E-state index in [2.05, 4.69) is 4.98 Å². The summed E-state index contributed by atoms with van der Waals surface area (Å²) in [7, 11) is 1.65. The second-order valence-electron chi connectivity index (χ2n) is 4.09. The van der Waals surface area contributed by atoms with Crippen LogP contribution in [0.15, 0.2) is 36.4 Å². The van der Waals surface area contributed by atoms with E-state index in [4.69, 9.17) is 22.1 Å². The van der Waals surface area contributed by atoms with Crippen LogP contribution in [-0.2, 0) is 0 Å². The van der Waals surface area contributed by atoms with Gasteiger partial charge in [-0.15, -0.1) is 11.3 Å². The molecular weight excluding hydrogens is 280 g/mol. The first-order chi connectivity index (χ1) is 9.17. The third-order valence-corrected chi connectivity index (χ3v) is 4.18. The van der Waals surface area contributed by atoms with Gasteiger partial charge in [0.1, 0.15) is 10.8 Å². The van der Waals surface area contributed by atoms with E-state index in [-0.39, 0.29) is 0 Å². The summed E-state index contributed by atoms with van der Waals surface area (Å²) < 4.78 is 6.28. The predicted molar refractivity (Wildman–Crippen MR) is 81.0 cm³/mol. The van der Waals surface area contributed by atoms with Crippen LogP contribution < -0.4 is 10.5 Å². The lowest BCUT2D eigenvalue weighted by Gasteiger charge is -2.00. The summed E-state index contributed by atoms with van der Waals surface area (Å²) >= 11 is 7.80. The molecule has 0 saturated heterocycles. The van der Waals surface area contributed by atoms with Crippen LogP contribution in [0.5, 0.6) is 5.75 Å². The molecule has 2 aromatic carbocycles. The van der Waals surface area contributed by atoms with E-state index in [9.17, 15) is 0 Å². The van der Waals surface area contributed by atoms with Gasteiger partial charge in [-0.25, -0.2) is 4.98 Å². The number of ether oxygens (including phenoxy) is 1. The van der Waals surface area contributed by atoms with Crippen molar-refractivity contribution in [3.8, 4) is 16.3 Å². The first-order valence-corrected chi connectivity index (χ1v) is 6.87. The van der Waals surface area contributed by atoms with Crippen LogP contribution in [-0.4, -0.2) is 12.1 Å². The van der Waals surface area contributed by atoms with Crippen molar-refractivity contribution in [3.63, 3.8) is 0 Å². The fourth-order valence-corrected chi connectivity index (χ4v) is 3.22. The normalized spacial score (nSPS) is 10.8. The monoisotopic (exact) mass is 290 g/mol. The highest BCUT2D eigenvalue weighted by Gasteiger charge is 2.10. The smallest absolute Gasteiger partial charge is 0.126 e. The largest absolute Gasteiger partial charge is 0.497 e. The van der Waals surface area contributed by atoms with Crippen molar-refractivity contribution in [2.75, 3.05) is 12.8 Å². The Kier molecular flexibility index (Phi) is 3.05. The van der Waals surface area contributed by atoms with Crippen molar-refractivity contribution in [3.05, 3.63) is 41.4 Å². The summed E-state index contributed by atoms with van der Waals surface area (Å²) in [4.78, 5) is 4.59. The number of hydrogen-bond donors (Lipinski definition) is 1. The number of hydrogen-bond acceptors (Lipinski definition) is 4. The lowest BCUT2D eigenvalue weighted by molar-refractivity contribution is 0.415. The third kappa shape index (κ3) is 2.25. The summed E-state index contributed by atoms with van der Waals surface area (Å²) in [6.45, 7) is 0. The summed E-state index contributed by atoms with van der Waals surface area (Å²) in [6.07, 6.45) is 0. The molecule has 19 heavy (non-hydrogen) atoms. The van der Waals surface area contributed by atoms with Crippen LogP contribution in [0.4, 0.5) is 5.69 Å². The number of nitrogen functional groups attached to an aromatic ring is 1. The number of rotatable bonds is 2. The number of methoxy groups -OCH3 is 1. The number of fused-ring (bicyclic) bond motifs is 1. The molecule has 0 bridgehead atoms. The van der Waals surface area contributed by atoms with E-state index >= 15 is 0 Å². The van der Waals surface area contributed by atoms with Crippen LogP contribution in [0.3, 0.4) is 0 Å². The van der Waals surface area contributed by atoms with E-state index in [1.165, 1.54) is 0 Å². The molecule has 5 heteroatoms.